The molecule has 208 valence electrons. The molecule has 1 amide bonds. The average Bonchev–Trinajstić information content (AvgIpc) is 3.21. The maximum atomic E-state index is 14.3. The molecule has 1 saturated carbocycles. The molecule has 2 aromatic rings. The summed E-state index contributed by atoms with van der Waals surface area (Å²) in [4.78, 5) is 13.6. The lowest BCUT2D eigenvalue weighted by Gasteiger charge is -2.43. The highest BCUT2D eigenvalue weighted by atomic mass is 19.1. The molecular formula is C28H35F2NO7. The minimum atomic E-state index is -1.36. The number of fused-ring (bicyclic) bond motifs is 1. The topological polar surface area (TPSA) is 84.5 Å². The third-order valence-electron chi connectivity index (χ3n) is 6.81. The number of carbonyl (C=O) groups excluding carboxylic acids is 1. The van der Waals surface area contributed by atoms with Crippen LogP contribution in [0.4, 0.5) is 8.78 Å². The average molecular weight is 536 g/mol. The summed E-state index contributed by atoms with van der Waals surface area (Å²) >= 11 is 0. The number of carbonyl (C=O) groups is 1. The van der Waals surface area contributed by atoms with Crippen molar-refractivity contribution < 1.29 is 42.0 Å². The van der Waals surface area contributed by atoms with Gasteiger partial charge in [-0.15, -0.1) is 0 Å². The fraction of sp³-hybridized carbons (Fsp3) is 0.536. The lowest BCUT2D eigenvalue weighted by atomic mass is 9.78. The van der Waals surface area contributed by atoms with E-state index in [4.69, 9.17) is 28.4 Å². The molecular weight excluding hydrogens is 500 g/mol. The van der Waals surface area contributed by atoms with Crippen LogP contribution < -0.4 is 10.1 Å². The Balaban J connectivity index is 1.61. The summed E-state index contributed by atoms with van der Waals surface area (Å²) in [5.41, 5.74) is -0.745. The number of rotatable bonds is 11. The minimum absolute atomic E-state index is 0.0897. The molecule has 2 aromatic carbocycles. The standard InChI is InChI=1S/C28H35F2NO7/c1-27(2)37-24-15-28(26(32)31-11-12-33-3,36-16-18-7-5-8-19(13-18)34-4)14-23(25(24)38-27)35-17-20-21(29)9-6-10-22(20)30/h5-10,13,23-25H,11-12,14-17H2,1-4H3,(H,31,32)/t23?,24-,25+,28-/m1/s1. The Morgan fingerprint density at radius 3 is 2.50 bits per heavy atom. The first-order valence-corrected chi connectivity index (χ1v) is 12.6. The lowest BCUT2D eigenvalue weighted by Crippen LogP contribution is -2.60. The molecule has 1 aliphatic carbocycles. The monoisotopic (exact) mass is 535 g/mol. The van der Waals surface area contributed by atoms with Crippen molar-refractivity contribution in [2.45, 2.75) is 69.6 Å². The van der Waals surface area contributed by atoms with Crippen molar-refractivity contribution in [3.05, 3.63) is 65.2 Å². The van der Waals surface area contributed by atoms with Crippen LogP contribution in [0.2, 0.25) is 0 Å². The van der Waals surface area contributed by atoms with Gasteiger partial charge >= 0.3 is 0 Å². The fourth-order valence-corrected chi connectivity index (χ4v) is 4.98. The Labute approximate surface area is 221 Å². The predicted molar refractivity (Wildman–Crippen MR) is 133 cm³/mol. The van der Waals surface area contributed by atoms with Crippen molar-refractivity contribution in [2.75, 3.05) is 27.4 Å². The molecule has 4 atom stereocenters. The van der Waals surface area contributed by atoms with E-state index in [2.05, 4.69) is 5.32 Å². The summed E-state index contributed by atoms with van der Waals surface area (Å²) in [6.07, 6.45) is -1.55. The van der Waals surface area contributed by atoms with E-state index in [1.807, 2.05) is 24.3 Å². The second kappa shape index (κ2) is 12.0. The molecule has 0 radical (unpaired) electrons. The van der Waals surface area contributed by atoms with E-state index >= 15 is 0 Å². The number of benzene rings is 2. The number of halogens is 2. The minimum Gasteiger partial charge on any atom is -0.497 e. The Kier molecular flexibility index (Phi) is 9.00. The van der Waals surface area contributed by atoms with E-state index < -0.39 is 41.3 Å². The van der Waals surface area contributed by atoms with Crippen molar-refractivity contribution in [3.8, 4) is 5.75 Å². The highest BCUT2D eigenvalue weighted by molar-refractivity contribution is 5.85. The summed E-state index contributed by atoms with van der Waals surface area (Å²) in [7, 11) is 3.12. The van der Waals surface area contributed by atoms with E-state index in [1.54, 1.807) is 28.1 Å². The van der Waals surface area contributed by atoms with Crippen LogP contribution in [-0.2, 0) is 41.7 Å². The van der Waals surface area contributed by atoms with Gasteiger partial charge < -0.3 is 33.7 Å². The van der Waals surface area contributed by atoms with E-state index in [-0.39, 0.29) is 44.1 Å². The summed E-state index contributed by atoms with van der Waals surface area (Å²) in [5.74, 6) is -2.04. The van der Waals surface area contributed by atoms with Crippen molar-refractivity contribution in [2.24, 2.45) is 0 Å². The van der Waals surface area contributed by atoms with Crippen LogP contribution in [0.15, 0.2) is 42.5 Å². The number of hydrogen-bond donors (Lipinski definition) is 1. The molecule has 38 heavy (non-hydrogen) atoms. The van der Waals surface area contributed by atoms with Gasteiger partial charge in [-0.3, -0.25) is 4.79 Å². The van der Waals surface area contributed by atoms with Crippen LogP contribution in [0.25, 0.3) is 0 Å². The molecule has 2 aliphatic rings. The normalized spacial score (nSPS) is 26.1. The molecule has 2 fully saturated rings. The molecule has 0 bridgehead atoms. The Morgan fingerprint density at radius 1 is 1.05 bits per heavy atom. The molecule has 1 aliphatic heterocycles. The van der Waals surface area contributed by atoms with Crippen molar-refractivity contribution in [1.29, 1.82) is 0 Å². The molecule has 0 spiro atoms. The first-order chi connectivity index (χ1) is 18.2. The fourth-order valence-electron chi connectivity index (χ4n) is 4.98. The third-order valence-corrected chi connectivity index (χ3v) is 6.81. The van der Waals surface area contributed by atoms with Crippen LogP contribution >= 0.6 is 0 Å². The highest BCUT2D eigenvalue weighted by Crippen LogP contribution is 2.44. The molecule has 8 nitrogen and oxygen atoms in total. The predicted octanol–water partition coefficient (Wildman–Crippen LogP) is 3.89. The molecule has 10 heteroatoms. The maximum Gasteiger partial charge on any atom is 0.252 e. The molecule has 1 unspecified atom stereocenters. The van der Waals surface area contributed by atoms with Gasteiger partial charge in [-0.25, -0.2) is 8.78 Å². The first kappa shape index (κ1) is 28.4. The van der Waals surface area contributed by atoms with Gasteiger partial charge in [0.15, 0.2) is 11.4 Å². The van der Waals surface area contributed by atoms with Crippen molar-refractivity contribution in [3.63, 3.8) is 0 Å². The van der Waals surface area contributed by atoms with Gasteiger partial charge in [-0.2, -0.15) is 0 Å². The van der Waals surface area contributed by atoms with Gasteiger partial charge in [0.1, 0.15) is 23.5 Å². The maximum absolute atomic E-state index is 14.3. The number of hydrogen-bond acceptors (Lipinski definition) is 7. The zero-order valence-corrected chi connectivity index (χ0v) is 22.1. The summed E-state index contributed by atoms with van der Waals surface area (Å²) in [6, 6.07) is 11.0. The molecule has 1 N–H and O–H groups in total. The van der Waals surface area contributed by atoms with Crippen LogP contribution in [0.3, 0.4) is 0 Å². The van der Waals surface area contributed by atoms with Gasteiger partial charge in [0.05, 0.1) is 39.1 Å². The van der Waals surface area contributed by atoms with Crippen LogP contribution in [-0.4, -0.2) is 63.0 Å². The summed E-state index contributed by atoms with van der Waals surface area (Å²) < 4.78 is 63.8. The number of amides is 1. The zero-order chi connectivity index (χ0) is 27.3. The largest absolute Gasteiger partial charge is 0.497 e. The quantitative estimate of drug-likeness (QED) is 0.437. The summed E-state index contributed by atoms with van der Waals surface area (Å²) in [5, 5.41) is 2.88. The molecule has 4 rings (SSSR count). The molecule has 1 saturated heterocycles. The highest BCUT2D eigenvalue weighted by Gasteiger charge is 2.58. The Hall–Kier alpha value is -2.63. The van der Waals surface area contributed by atoms with Crippen LogP contribution in [0.5, 0.6) is 5.75 Å². The van der Waals surface area contributed by atoms with E-state index in [0.717, 1.165) is 5.56 Å². The van der Waals surface area contributed by atoms with Gasteiger partial charge in [0, 0.05) is 32.1 Å². The molecule has 1 heterocycles. The first-order valence-electron chi connectivity index (χ1n) is 12.6. The Morgan fingerprint density at radius 2 is 1.79 bits per heavy atom. The second-order valence-corrected chi connectivity index (χ2v) is 9.98. The van der Waals surface area contributed by atoms with Crippen molar-refractivity contribution >= 4 is 5.91 Å². The third kappa shape index (κ3) is 6.50. The van der Waals surface area contributed by atoms with Crippen LogP contribution in [0.1, 0.15) is 37.8 Å². The number of ether oxygens (including phenoxy) is 6. The number of methoxy groups -OCH3 is 2. The van der Waals surface area contributed by atoms with Gasteiger partial charge in [-0.05, 0) is 43.7 Å². The van der Waals surface area contributed by atoms with Crippen LogP contribution in [0, 0.1) is 11.6 Å². The number of nitrogens with one attached hydrogen (secondary N) is 1. The molecule has 0 aromatic heterocycles. The Bertz CT molecular complexity index is 1090. The van der Waals surface area contributed by atoms with Gasteiger partial charge in [0.25, 0.3) is 5.91 Å². The van der Waals surface area contributed by atoms with Gasteiger partial charge in [-0.1, -0.05) is 18.2 Å². The smallest absolute Gasteiger partial charge is 0.252 e. The second-order valence-electron chi connectivity index (χ2n) is 9.98. The van der Waals surface area contributed by atoms with E-state index in [9.17, 15) is 13.6 Å². The zero-order valence-electron chi connectivity index (χ0n) is 22.1. The van der Waals surface area contributed by atoms with Crippen molar-refractivity contribution in [1.82, 2.24) is 5.32 Å². The lowest BCUT2D eigenvalue weighted by molar-refractivity contribution is -0.183. The van der Waals surface area contributed by atoms with Gasteiger partial charge in [0.2, 0.25) is 0 Å². The van der Waals surface area contributed by atoms with E-state index in [0.29, 0.717) is 12.4 Å². The summed E-state index contributed by atoms with van der Waals surface area (Å²) in [6.45, 7) is 3.93. The SMILES string of the molecule is COCCNC(=O)[C@@]1(OCc2cccc(OC)c2)CC(OCc2c(F)cccc2F)[C@@H]2OC(C)(C)O[C@@H]2C1. The van der Waals surface area contributed by atoms with E-state index in [1.165, 1.54) is 18.2 Å².